The molecule has 3 N–H and O–H groups in total. The third-order valence-corrected chi connectivity index (χ3v) is 6.17. The molecule has 0 spiro atoms. The van der Waals surface area contributed by atoms with Crippen LogP contribution in [0.2, 0.25) is 0 Å². The molecule has 2 amide bonds. The van der Waals surface area contributed by atoms with Crippen LogP contribution in [0.15, 0.2) is 61.1 Å². The molecule has 0 fully saturated rings. The van der Waals surface area contributed by atoms with Crippen LogP contribution in [0.1, 0.15) is 34.7 Å². The molecule has 0 saturated carbocycles. The highest BCUT2D eigenvalue weighted by atomic mass is 16.5. The Labute approximate surface area is 214 Å². The van der Waals surface area contributed by atoms with Gasteiger partial charge in [0.05, 0.1) is 31.7 Å². The standard InChI is InChI=1S/C27H27N5O5/c1-36-27(35)23(12-20-14-29-16-30-20)32-26(34)22(10-17-5-3-2-4-6-17)31-25(33)11-19-15-37-24-8-7-18(13-28)9-21(19)24/h2-9,14,16,19,22-23H,10-12,15H2,1H3,(H,29,30)(H,31,33)(H,32,34)/t19?,22-,23-/m0/s1. The molecule has 0 radical (unpaired) electrons. The average Bonchev–Trinajstić information content (AvgIpc) is 3.57. The molecule has 3 aromatic rings. The number of imidazole rings is 1. The molecule has 10 nitrogen and oxygen atoms in total. The smallest absolute Gasteiger partial charge is 0.328 e. The first kappa shape index (κ1) is 25.4. The number of carbonyl (C=O) groups excluding carboxylic acids is 3. The number of amides is 2. The van der Waals surface area contributed by atoms with Gasteiger partial charge in [-0.25, -0.2) is 9.78 Å². The van der Waals surface area contributed by atoms with Gasteiger partial charge in [-0.3, -0.25) is 9.59 Å². The summed E-state index contributed by atoms with van der Waals surface area (Å²) in [6, 6.07) is 14.6. The quantitative estimate of drug-likeness (QED) is 0.359. The van der Waals surface area contributed by atoms with Crippen LogP contribution in [0.5, 0.6) is 5.75 Å². The number of hydrogen-bond acceptors (Lipinski definition) is 7. The SMILES string of the molecule is COC(=O)[C@H](Cc1cnc[nH]1)NC(=O)[C@H](Cc1ccccc1)NC(=O)CC1COc2ccc(C#N)cc21. The van der Waals surface area contributed by atoms with Crippen molar-refractivity contribution in [3.8, 4) is 11.8 Å². The Morgan fingerprint density at radius 3 is 2.68 bits per heavy atom. The number of nitriles is 1. The number of rotatable bonds is 10. The second-order valence-corrected chi connectivity index (χ2v) is 8.75. The highest BCUT2D eigenvalue weighted by Crippen LogP contribution is 2.36. The number of carbonyl (C=O) groups is 3. The molecule has 4 rings (SSSR count). The lowest BCUT2D eigenvalue weighted by Crippen LogP contribution is -2.53. The molecule has 2 aromatic carbocycles. The van der Waals surface area contributed by atoms with Gasteiger partial charge in [-0.05, 0) is 23.8 Å². The topological polar surface area (TPSA) is 146 Å². The summed E-state index contributed by atoms with van der Waals surface area (Å²) in [6.07, 6.45) is 3.50. The molecule has 0 saturated heterocycles. The Balaban J connectivity index is 1.48. The van der Waals surface area contributed by atoms with E-state index in [-0.39, 0.29) is 31.1 Å². The number of ether oxygens (including phenoxy) is 2. The van der Waals surface area contributed by atoms with Gasteiger partial charge in [0, 0.05) is 42.6 Å². The highest BCUT2D eigenvalue weighted by Gasteiger charge is 2.31. The van der Waals surface area contributed by atoms with Gasteiger partial charge in [-0.15, -0.1) is 0 Å². The van der Waals surface area contributed by atoms with Crippen LogP contribution in [-0.4, -0.2) is 53.6 Å². The maximum atomic E-state index is 13.3. The maximum absolute atomic E-state index is 13.3. The van der Waals surface area contributed by atoms with E-state index in [4.69, 9.17) is 9.47 Å². The third-order valence-electron chi connectivity index (χ3n) is 6.17. The molecule has 1 aliphatic rings. The fourth-order valence-electron chi connectivity index (χ4n) is 4.28. The Morgan fingerprint density at radius 1 is 1.16 bits per heavy atom. The summed E-state index contributed by atoms with van der Waals surface area (Å²) in [5.74, 6) is -1.06. The Hall–Kier alpha value is -4.65. The number of aromatic amines is 1. The molecule has 1 aromatic heterocycles. The molecule has 0 bridgehead atoms. The van der Waals surface area contributed by atoms with Crippen molar-refractivity contribution in [1.82, 2.24) is 20.6 Å². The number of fused-ring (bicyclic) bond motifs is 1. The summed E-state index contributed by atoms with van der Waals surface area (Å²) in [6.45, 7) is 0.307. The summed E-state index contributed by atoms with van der Waals surface area (Å²) in [7, 11) is 1.25. The van der Waals surface area contributed by atoms with Crippen molar-refractivity contribution < 1.29 is 23.9 Å². The first-order valence-corrected chi connectivity index (χ1v) is 11.8. The van der Waals surface area contributed by atoms with Gasteiger partial charge >= 0.3 is 5.97 Å². The molecule has 2 heterocycles. The van der Waals surface area contributed by atoms with Gasteiger partial charge in [-0.2, -0.15) is 5.26 Å². The Morgan fingerprint density at radius 2 is 1.97 bits per heavy atom. The molecule has 0 aliphatic carbocycles. The third kappa shape index (κ3) is 6.52. The molecule has 37 heavy (non-hydrogen) atoms. The fourth-order valence-corrected chi connectivity index (χ4v) is 4.28. The fraction of sp³-hybridized carbons (Fsp3) is 0.296. The van der Waals surface area contributed by atoms with E-state index < -0.39 is 24.0 Å². The number of nitrogens with zero attached hydrogens (tertiary/aromatic N) is 2. The number of H-pyrrole nitrogens is 1. The van der Waals surface area contributed by atoms with Crippen LogP contribution in [0.4, 0.5) is 0 Å². The lowest BCUT2D eigenvalue weighted by molar-refractivity contribution is -0.145. The van der Waals surface area contributed by atoms with Gasteiger partial charge in [0.2, 0.25) is 11.8 Å². The number of nitrogens with one attached hydrogen (secondary N) is 3. The van der Waals surface area contributed by atoms with Crippen molar-refractivity contribution in [2.24, 2.45) is 0 Å². The second kappa shape index (κ2) is 11.9. The largest absolute Gasteiger partial charge is 0.493 e. The zero-order chi connectivity index (χ0) is 26.2. The zero-order valence-electron chi connectivity index (χ0n) is 20.3. The number of esters is 1. The number of aromatic nitrogens is 2. The predicted octanol–water partition coefficient (Wildman–Crippen LogP) is 1.78. The van der Waals surface area contributed by atoms with E-state index in [1.54, 1.807) is 24.4 Å². The van der Waals surface area contributed by atoms with Gasteiger partial charge in [0.25, 0.3) is 0 Å². The lowest BCUT2D eigenvalue weighted by Gasteiger charge is -2.23. The maximum Gasteiger partial charge on any atom is 0.328 e. The number of methoxy groups -OCH3 is 1. The molecule has 10 heteroatoms. The van der Waals surface area contributed by atoms with Gasteiger partial charge in [0.15, 0.2) is 0 Å². The normalized spacial score (nSPS) is 15.4. The lowest BCUT2D eigenvalue weighted by atomic mass is 9.95. The van der Waals surface area contributed by atoms with Crippen LogP contribution in [0.3, 0.4) is 0 Å². The summed E-state index contributed by atoms with van der Waals surface area (Å²) in [5.41, 5.74) is 2.78. The summed E-state index contributed by atoms with van der Waals surface area (Å²) >= 11 is 0. The Kier molecular flexibility index (Phi) is 8.15. The summed E-state index contributed by atoms with van der Waals surface area (Å²) < 4.78 is 10.5. The van der Waals surface area contributed by atoms with E-state index in [1.165, 1.54) is 13.4 Å². The minimum Gasteiger partial charge on any atom is -0.493 e. The van der Waals surface area contributed by atoms with Crippen molar-refractivity contribution in [2.75, 3.05) is 13.7 Å². The van der Waals surface area contributed by atoms with E-state index in [9.17, 15) is 19.6 Å². The molecule has 190 valence electrons. The minimum atomic E-state index is -0.965. The zero-order valence-corrected chi connectivity index (χ0v) is 20.3. The minimum absolute atomic E-state index is 0.0784. The monoisotopic (exact) mass is 501 g/mol. The van der Waals surface area contributed by atoms with Crippen LogP contribution >= 0.6 is 0 Å². The van der Waals surface area contributed by atoms with Gasteiger partial charge in [0.1, 0.15) is 17.8 Å². The van der Waals surface area contributed by atoms with E-state index in [0.717, 1.165) is 11.1 Å². The van der Waals surface area contributed by atoms with E-state index in [0.29, 0.717) is 23.6 Å². The molecular formula is C27H27N5O5. The molecule has 1 unspecified atom stereocenters. The second-order valence-electron chi connectivity index (χ2n) is 8.75. The van der Waals surface area contributed by atoms with Crippen molar-refractivity contribution in [3.05, 3.63) is 83.4 Å². The summed E-state index contributed by atoms with van der Waals surface area (Å²) in [4.78, 5) is 45.7. The van der Waals surface area contributed by atoms with E-state index >= 15 is 0 Å². The highest BCUT2D eigenvalue weighted by molar-refractivity contribution is 5.91. The summed E-state index contributed by atoms with van der Waals surface area (Å²) in [5, 5.41) is 14.8. The Bertz CT molecular complexity index is 1290. The molecule has 3 atom stereocenters. The average molecular weight is 502 g/mol. The van der Waals surface area contributed by atoms with Crippen molar-refractivity contribution in [2.45, 2.75) is 37.3 Å². The van der Waals surface area contributed by atoms with Crippen LogP contribution in [0, 0.1) is 11.3 Å². The van der Waals surface area contributed by atoms with Crippen molar-refractivity contribution in [3.63, 3.8) is 0 Å². The van der Waals surface area contributed by atoms with Gasteiger partial charge in [-0.1, -0.05) is 30.3 Å². The van der Waals surface area contributed by atoms with Crippen LogP contribution < -0.4 is 15.4 Å². The van der Waals surface area contributed by atoms with Crippen molar-refractivity contribution in [1.29, 1.82) is 5.26 Å². The van der Waals surface area contributed by atoms with Gasteiger partial charge < -0.3 is 25.1 Å². The molecular weight excluding hydrogens is 474 g/mol. The van der Waals surface area contributed by atoms with Crippen molar-refractivity contribution >= 4 is 17.8 Å². The first-order chi connectivity index (χ1) is 18.0. The van der Waals surface area contributed by atoms with Crippen LogP contribution in [-0.2, 0) is 32.0 Å². The van der Waals surface area contributed by atoms with Crippen LogP contribution in [0.25, 0.3) is 0 Å². The number of hydrogen-bond donors (Lipinski definition) is 3. The number of benzene rings is 2. The predicted molar refractivity (Wildman–Crippen MR) is 132 cm³/mol. The first-order valence-electron chi connectivity index (χ1n) is 11.8. The molecule has 1 aliphatic heterocycles. The van der Waals surface area contributed by atoms with E-state index in [2.05, 4.69) is 26.7 Å². The van der Waals surface area contributed by atoms with E-state index in [1.807, 2.05) is 30.3 Å².